The Kier molecular flexibility index (Phi) is 4.63. The lowest BCUT2D eigenvalue weighted by Crippen LogP contribution is -2.28. The summed E-state index contributed by atoms with van der Waals surface area (Å²) < 4.78 is 5.11. The number of carbonyl (C=O) groups is 1. The number of nitrogens with one attached hydrogen (secondary N) is 1. The van der Waals surface area contributed by atoms with Crippen molar-refractivity contribution in [2.24, 2.45) is 0 Å². The molecule has 4 heteroatoms. The van der Waals surface area contributed by atoms with E-state index < -0.39 is 12.0 Å². The molecule has 0 heterocycles. The topological polar surface area (TPSA) is 58.6 Å². The molecule has 1 amide bonds. The number of aryl methyl sites for hydroxylation is 2. The average Bonchev–Trinajstić information content (AvgIpc) is 3.06. The Bertz CT molecular complexity index is 712. The number of ether oxygens (including phenoxy) is 1. The van der Waals surface area contributed by atoms with E-state index in [1.165, 1.54) is 17.5 Å². The summed E-state index contributed by atoms with van der Waals surface area (Å²) in [6.45, 7) is 0.424. The maximum atomic E-state index is 12.1. The average molecular weight is 311 g/mol. The minimum Gasteiger partial charge on any atom is -0.497 e. The van der Waals surface area contributed by atoms with Crippen molar-refractivity contribution in [2.45, 2.75) is 31.9 Å². The van der Waals surface area contributed by atoms with Crippen molar-refractivity contribution in [1.82, 2.24) is 5.32 Å². The van der Waals surface area contributed by atoms with Gasteiger partial charge in [-0.1, -0.05) is 30.3 Å². The third-order valence-electron chi connectivity index (χ3n) is 4.29. The fraction of sp³-hybridized carbons (Fsp3) is 0.316. The highest BCUT2D eigenvalue weighted by molar-refractivity contribution is 5.82. The Morgan fingerprint density at radius 3 is 2.87 bits per heavy atom. The van der Waals surface area contributed by atoms with Crippen LogP contribution in [0, 0.1) is 0 Å². The lowest BCUT2D eigenvalue weighted by molar-refractivity contribution is -0.129. The SMILES string of the molecule is COc1cccc(C(O)C(=O)NCc2ccc3c(c2)CCC3)c1. The first-order chi connectivity index (χ1) is 11.2. The summed E-state index contributed by atoms with van der Waals surface area (Å²) in [4.78, 5) is 12.1. The molecule has 2 aromatic rings. The van der Waals surface area contributed by atoms with E-state index >= 15 is 0 Å². The lowest BCUT2D eigenvalue weighted by Gasteiger charge is -2.13. The molecule has 0 saturated heterocycles. The fourth-order valence-electron chi connectivity index (χ4n) is 2.98. The van der Waals surface area contributed by atoms with Crippen LogP contribution in [0.1, 0.15) is 34.8 Å². The van der Waals surface area contributed by atoms with Crippen molar-refractivity contribution in [3.63, 3.8) is 0 Å². The van der Waals surface area contributed by atoms with Gasteiger partial charge in [0.25, 0.3) is 5.91 Å². The summed E-state index contributed by atoms with van der Waals surface area (Å²) in [6, 6.07) is 13.2. The predicted octanol–water partition coefficient (Wildman–Crippen LogP) is 2.53. The number of hydrogen-bond acceptors (Lipinski definition) is 3. The Balaban J connectivity index is 1.62. The first-order valence-electron chi connectivity index (χ1n) is 7.88. The van der Waals surface area contributed by atoms with Crippen molar-refractivity contribution >= 4 is 5.91 Å². The fourth-order valence-corrected chi connectivity index (χ4v) is 2.98. The largest absolute Gasteiger partial charge is 0.497 e. The lowest BCUT2D eigenvalue weighted by atomic mass is 10.1. The zero-order valence-electron chi connectivity index (χ0n) is 13.2. The van der Waals surface area contributed by atoms with Crippen LogP contribution in [0.15, 0.2) is 42.5 Å². The van der Waals surface area contributed by atoms with Crippen LogP contribution >= 0.6 is 0 Å². The van der Waals surface area contributed by atoms with Crippen LogP contribution in [-0.2, 0) is 24.2 Å². The van der Waals surface area contributed by atoms with E-state index in [0.29, 0.717) is 17.9 Å². The van der Waals surface area contributed by atoms with Gasteiger partial charge in [-0.2, -0.15) is 0 Å². The van der Waals surface area contributed by atoms with E-state index in [9.17, 15) is 9.90 Å². The van der Waals surface area contributed by atoms with Crippen LogP contribution in [0.5, 0.6) is 5.75 Å². The van der Waals surface area contributed by atoms with E-state index in [2.05, 4.69) is 17.4 Å². The number of aliphatic hydroxyl groups excluding tert-OH is 1. The molecule has 1 aliphatic carbocycles. The Hall–Kier alpha value is -2.33. The molecule has 120 valence electrons. The third-order valence-corrected chi connectivity index (χ3v) is 4.29. The number of methoxy groups -OCH3 is 1. The zero-order valence-corrected chi connectivity index (χ0v) is 13.2. The molecule has 3 rings (SSSR count). The standard InChI is InChI=1S/C19H21NO3/c1-23-17-7-3-6-16(11-17)18(21)19(22)20-12-13-8-9-14-4-2-5-15(14)10-13/h3,6-11,18,21H,2,4-5,12H2,1H3,(H,20,22). The maximum absolute atomic E-state index is 12.1. The number of hydrogen-bond donors (Lipinski definition) is 2. The minimum absolute atomic E-state index is 0.404. The normalized spacial score (nSPS) is 14.2. The van der Waals surface area contributed by atoms with Gasteiger partial charge in [-0.3, -0.25) is 4.79 Å². The molecule has 0 fully saturated rings. The molecular weight excluding hydrogens is 290 g/mol. The molecule has 0 aromatic heterocycles. The number of aliphatic hydroxyl groups is 1. The highest BCUT2D eigenvalue weighted by atomic mass is 16.5. The van der Waals surface area contributed by atoms with Crippen molar-refractivity contribution < 1.29 is 14.6 Å². The highest BCUT2D eigenvalue weighted by Gasteiger charge is 2.18. The highest BCUT2D eigenvalue weighted by Crippen LogP contribution is 2.23. The van der Waals surface area contributed by atoms with Gasteiger partial charge < -0.3 is 15.2 Å². The molecule has 2 N–H and O–H groups in total. The van der Waals surface area contributed by atoms with Gasteiger partial charge in [-0.25, -0.2) is 0 Å². The molecular formula is C19H21NO3. The van der Waals surface area contributed by atoms with Crippen molar-refractivity contribution in [3.8, 4) is 5.75 Å². The smallest absolute Gasteiger partial charge is 0.253 e. The first-order valence-corrected chi connectivity index (χ1v) is 7.88. The molecule has 1 aliphatic rings. The van der Waals surface area contributed by atoms with Gasteiger partial charge in [0.15, 0.2) is 6.10 Å². The van der Waals surface area contributed by atoms with Crippen molar-refractivity contribution in [3.05, 3.63) is 64.7 Å². The second-order valence-electron chi connectivity index (χ2n) is 5.85. The van der Waals surface area contributed by atoms with Crippen LogP contribution in [0.25, 0.3) is 0 Å². The van der Waals surface area contributed by atoms with Gasteiger partial charge >= 0.3 is 0 Å². The van der Waals surface area contributed by atoms with Crippen LogP contribution in [0.2, 0.25) is 0 Å². The minimum atomic E-state index is -1.19. The summed E-state index contributed by atoms with van der Waals surface area (Å²) in [6.07, 6.45) is 2.28. The summed E-state index contributed by atoms with van der Waals surface area (Å²) in [5, 5.41) is 13.0. The molecule has 4 nitrogen and oxygen atoms in total. The number of carbonyl (C=O) groups excluding carboxylic acids is 1. The molecule has 23 heavy (non-hydrogen) atoms. The molecule has 0 saturated carbocycles. The number of rotatable bonds is 5. The van der Waals surface area contributed by atoms with Crippen LogP contribution in [0.3, 0.4) is 0 Å². The van der Waals surface area contributed by atoms with E-state index in [4.69, 9.17) is 4.74 Å². The Morgan fingerprint density at radius 1 is 1.22 bits per heavy atom. The van der Waals surface area contributed by atoms with Gasteiger partial charge in [0.1, 0.15) is 5.75 Å². The quantitative estimate of drug-likeness (QED) is 0.892. The predicted molar refractivity (Wildman–Crippen MR) is 88.3 cm³/mol. The van der Waals surface area contributed by atoms with Gasteiger partial charge in [0.05, 0.1) is 7.11 Å². The number of fused-ring (bicyclic) bond motifs is 1. The third kappa shape index (κ3) is 3.54. The summed E-state index contributed by atoms with van der Waals surface area (Å²) >= 11 is 0. The second-order valence-corrected chi connectivity index (χ2v) is 5.85. The molecule has 0 radical (unpaired) electrons. The van der Waals surface area contributed by atoms with Crippen LogP contribution in [-0.4, -0.2) is 18.1 Å². The van der Waals surface area contributed by atoms with Gasteiger partial charge in [0.2, 0.25) is 0 Å². The molecule has 1 unspecified atom stereocenters. The van der Waals surface area contributed by atoms with Gasteiger partial charge in [-0.05, 0) is 53.6 Å². The first kappa shape index (κ1) is 15.6. The molecule has 2 aromatic carbocycles. The molecule has 1 atom stereocenters. The second kappa shape index (κ2) is 6.84. The van der Waals surface area contributed by atoms with E-state index in [1.807, 2.05) is 6.07 Å². The molecule has 0 bridgehead atoms. The van der Waals surface area contributed by atoms with Crippen LogP contribution < -0.4 is 10.1 Å². The maximum Gasteiger partial charge on any atom is 0.253 e. The summed E-state index contributed by atoms with van der Waals surface area (Å²) in [5.74, 6) is 0.215. The Labute approximate surface area is 136 Å². The molecule has 0 spiro atoms. The monoisotopic (exact) mass is 311 g/mol. The van der Waals surface area contributed by atoms with Crippen molar-refractivity contribution in [1.29, 1.82) is 0 Å². The summed E-state index contributed by atoms with van der Waals surface area (Å²) in [7, 11) is 1.55. The Morgan fingerprint density at radius 2 is 2.04 bits per heavy atom. The van der Waals surface area contributed by atoms with Crippen LogP contribution in [0.4, 0.5) is 0 Å². The molecule has 0 aliphatic heterocycles. The van der Waals surface area contributed by atoms with Crippen molar-refractivity contribution in [2.75, 3.05) is 7.11 Å². The summed E-state index contributed by atoms with van der Waals surface area (Å²) in [5.41, 5.74) is 4.38. The number of amides is 1. The number of benzene rings is 2. The van der Waals surface area contributed by atoms with E-state index in [-0.39, 0.29) is 0 Å². The van der Waals surface area contributed by atoms with Gasteiger partial charge in [-0.15, -0.1) is 0 Å². The van der Waals surface area contributed by atoms with E-state index in [1.54, 1.807) is 31.4 Å². The van der Waals surface area contributed by atoms with E-state index in [0.717, 1.165) is 18.4 Å². The van der Waals surface area contributed by atoms with Gasteiger partial charge in [0, 0.05) is 6.54 Å². The zero-order chi connectivity index (χ0) is 16.2.